The van der Waals surface area contributed by atoms with Crippen molar-refractivity contribution in [2.24, 2.45) is 0 Å². The fraction of sp³-hybridized carbons (Fsp3) is 0.625. The maximum atomic E-state index is 11.5. The summed E-state index contributed by atoms with van der Waals surface area (Å²) >= 11 is 1.97. The van der Waals surface area contributed by atoms with E-state index in [4.69, 9.17) is 0 Å². The molecule has 0 spiro atoms. The molecule has 3 unspecified atom stereocenters. The molecule has 0 aliphatic heterocycles. The van der Waals surface area contributed by atoms with Crippen molar-refractivity contribution >= 4 is 21.6 Å². The SMILES string of the molecule is CSC1CCCC(NC(C)c2ccc(S(C)(=O)=O)cc2)C1. The number of thioether (sulfide) groups is 1. The number of sulfone groups is 1. The van der Waals surface area contributed by atoms with Crippen molar-refractivity contribution in [2.45, 2.75) is 54.8 Å². The first-order chi connectivity index (χ1) is 9.90. The van der Waals surface area contributed by atoms with E-state index in [2.05, 4.69) is 18.5 Å². The lowest BCUT2D eigenvalue weighted by Gasteiger charge is -2.31. The van der Waals surface area contributed by atoms with Crippen LogP contribution in [0.4, 0.5) is 0 Å². The molecule has 1 aliphatic rings. The van der Waals surface area contributed by atoms with Crippen LogP contribution < -0.4 is 5.32 Å². The van der Waals surface area contributed by atoms with E-state index in [0.717, 1.165) is 10.8 Å². The first kappa shape index (κ1) is 16.8. The standard InChI is InChI=1S/C16H25NO2S2/c1-12(17-14-5-4-6-15(11-14)20-2)13-7-9-16(10-8-13)21(3,18)19/h7-10,12,14-15,17H,4-6,11H2,1-3H3. The van der Waals surface area contributed by atoms with Crippen LogP contribution in [-0.4, -0.2) is 32.2 Å². The second kappa shape index (κ2) is 7.16. The van der Waals surface area contributed by atoms with Gasteiger partial charge in [-0.2, -0.15) is 11.8 Å². The molecule has 0 radical (unpaired) electrons. The summed E-state index contributed by atoms with van der Waals surface area (Å²) in [5.74, 6) is 0. The molecule has 21 heavy (non-hydrogen) atoms. The van der Waals surface area contributed by atoms with Gasteiger partial charge in [-0.15, -0.1) is 0 Å². The van der Waals surface area contributed by atoms with Gasteiger partial charge in [-0.3, -0.25) is 0 Å². The average Bonchev–Trinajstić information content (AvgIpc) is 2.46. The molecule has 1 fully saturated rings. The lowest BCUT2D eigenvalue weighted by atomic mass is 9.93. The zero-order valence-corrected chi connectivity index (χ0v) is 14.6. The third-order valence-electron chi connectivity index (χ3n) is 4.25. The Balaban J connectivity index is 1.98. The van der Waals surface area contributed by atoms with E-state index >= 15 is 0 Å². The van der Waals surface area contributed by atoms with Crippen molar-refractivity contribution < 1.29 is 8.42 Å². The Bertz CT molecular complexity index is 554. The maximum absolute atomic E-state index is 11.5. The van der Waals surface area contributed by atoms with E-state index in [1.807, 2.05) is 23.9 Å². The Morgan fingerprint density at radius 1 is 1.24 bits per heavy atom. The lowest BCUT2D eigenvalue weighted by Crippen LogP contribution is -2.36. The monoisotopic (exact) mass is 327 g/mol. The van der Waals surface area contributed by atoms with Gasteiger partial charge in [0.15, 0.2) is 9.84 Å². The highest BCUT2D eigenvalue weighted by molar-refractivity contribution is 7.99. The van der Waals surface area contributed by atoms with Gasteiger partial charge in [-0.1, -0.05) is 18.6 Å². The van der Waals surface area contributed by atoms with Gasteiger partial charge in [0.25, 0.3) is 0 Å². The molecule has 0 bridgehead atoms. The second-order valence-electron chi connectivity index (χ2n) is 5.95. The Hall–Kier alpha value is -0.520. The molecule has 0 amide bonds. The zero-order valence-electron chi connectivity index (χ0n) is 13.0. The molecule has 1 saturated carbocycles. The molecule has 1 N–H and O–H groups in total. The summed E-state index contributed by atoms with van der Waals surface area (Å²) in [6, 6.07) is 8.07. The predicted molar refractivity (Wildman–Crippen MR) is 90.7 cm³/mol. The van der Waals surface area contributed by atoms with Crippen molar-refractivity contribution in [2.75, 3.05) is 12.5 Å². The molecule has 2 rings (SSSR count). The summed E-state index contributed by atoms with van der Waals surface area (Å²) in [6.45, 7) is 2.15. The summed E-state index contributed by atoms with van der Waals surface area (Å²) in [4.78, 5) is 0.388. The van der Waals surface area contributed by atoms with Gasteiger partial charge < -0.3 is 5.32 Å². The van der Waals surface area contributed by atoms with Crippen molar-refractivity contribution in [3.8, 4) is 0 Å². The van der Waals surface area contributed by atoms with Crippen LogP contribution in [0.2, 0.25) is 0 Å². The highest BCUT2D eigenvalue weighted by Gasteiger charge is 2.22. The third kappa shape index (κ3) is 4.73. The van der Waals surface area contributed by atoms with Crippen LogP contribution in [0.1, 0.15) is 44.2 Å². The van der Waals surface area contributed by atoms with Crippen molar-refractivity contribution in [3.63, 3.8) is 0 Å². The molecular formula is C16H25NO2S2. The summed E-state index contributed by atoms with van der Waals surface area (Å²) in [5.41, 5.74) is 1.15. The molecule has 1 aliphatic carbocycles. The summed E-state index contributed by atoms with van der Waals surface area (Å²) in [7, 11) is -3.11. The first-order valence-electron chi connectivity index (χ1n) is 7.49. The number of nitrogens with one attached hydrogen (secondary N) is 1. The van der Waals surface area contributed by atoms with E-state index in [1.165, 1.54) is 31.9 Å². The number of benzene rings is 1. The van der Waals surface area contributed by atoms with Gasteiger partial charge in [0, 0.05) is 23.6 Å². The fourth-order valence-electron chi connectivity index (χ4n) is 2.96. The molecule has 1 aromatic rings. The Morgan fingerprint density at radius 2 is 1.90 bits per heavy atom. The van der Waals surface area contributed by atoms with Crippen LogP contribution in [0.15, 0.2) is 29.2 Å². The normalized spacial score (nSPS) is 24.7. The summed E-state index contributed by atoms with van der Waals surface area (Å²) in [5, 5.41) is 4.47. The Kier molecular flexibility index (Phi) is 5.74. The van der Waals surface area contributed by atoms with Gasteiger partial charge in [-0.05, 0) is 50.1 Å². The Morgan fingerprint density at radius 3 is 2.48 bits per heavy atom. The van der Waals surface area contributed by atoms with Crippen molar-refractivity contribution in [1.82, 2.24) is 5.32 Å². The molecular weight excluding hydrogens is 302 g/mol. The highest BCUT2D eigenvalue weighted by Crippen LogP contribution is 2.28. The lowest BCUT2D eigenvalue weighted by molar-refractivity contribution is 0.353. The molecule has 0 heterocycles. The van der Waals surface area contributed by atoms with Crippen LogP contribution >= 0.6 is 11.8 Å². The molecule has 5 heteroatoms. The molecule has 0 aromatic heterocycles. The van der Waals surface area contributed by atoms with E-state index in [-0.39, 0.29) is 6.04 Å². The van der Waals surface area contributed by atoms with E-state index in [9.17, 15) is 8.42 Å². The van der Waals surface area contributed by atoms with Crippen molar-refractivity contribution in [1.29, 1.82) is 0 Å². The Labute approximate surface area is 132 Å². The molecule has 118 valence electrons. The smallest absolute Gasteiger partial charge is 0.175 e. The zero-order chi connectivity index (χ0) is 15.5. The van der Waals surface area contributed by atoms with Crippen LogP contribution in [0, 0.1) is 0 Å². The van der Waals surface area contributed by atoms with Crippen molar-refractivity contribution in [3.05, 3.63) is 29.8 Å². The maximum Gasteiger partial charge on any atom is 0.175 e. The molecule has 3 atom stereocenters. The average molecular weight is 328 g/mol. The first-order valence-corrected chi connectivity index (χ1v) is 10.7. The highest BCUT2D eigenvalue weighted by atomic mass is 32.2. The van der Waals surface area contributed by atoms with Crippen LogP contribution in [0.3, 0.4) is 0 Å². The third-order valence-corrected chi connectivity index (χ3v) is 6.48. The van der Waals surface area contributed by atoms with Gasteiger partial charge in [0.2, 0.25) is 0 Å². The number of hydrogen-bond donors (Lipinski definition) is 1. The second-order valence-corrected chi connectivity index (χ2v) is 9.10. The van der Waals surface area contributed by atoms with E-state index < -0.39 is 9.84 Å². The topological polar surface area (TPSA) is 46.2 Å². The molecule has 1 aromatic carbocycles. The quantitative estimate of drug-likeness (QED) is 0.900. The van der Waals surface area contributed by atoms with E-state index in [0.29, 0.717) is 10.9 Å². The van der Waals surface area contributed by atoms with Crippen LogP contribution in [0.25, 0.3) is 0 Å². The minimum Gasteiger partial charge on any atom is -0.307 e. The van der Waals surface area contributed by atoms with Gasteiger partial charge in [0.05, 0.1) is 4.90 Å². The van der Waals surface area contributed by atoms with Gasteiger partial charge >= 0.3 is 0 Å². The summed E-state index contributed by atoms with van der Waals surface area (Å²) in [6.07, 6.45) is 8.53. The van der Waals surface area contributed by atoms with Gasteiger partial charge in [0.1, 0.15) is 0 Å². The van der Waals surface area contributed by atoms with Crippen LogP contribution in [-0.2, 0) is 9.84 Å². The fourth-order valence-corrected chi connectivity index (χ4v) is 4.42. The van der Waals surface area contributed by atoms with E-state index in [1.54, 1.807) is 12.1 Å². The van der Waals surface area contributed by atoms with Gasteiger partial charge in [-0.25, -0.2) is 8.42 Å². The largest absolute Gasteiger partial charge is 0.307 e. The molecule has 3 nitrogen and oxygen atoms in total. The summed E-state index contributed by atoms with van der Waals surface area (Å²) < 4.78 is 23.0. The minimum absolute atomic E-state index is 0.254. The predicted octanol–water partition coefficient (Wildman–Crippen LogP) is 3.41. The van der Waals surface area contributed by atoms with Crippen LogP contribution in [0.5, 0.6) is 0 Å². The number of rotatable bonds is 5. The minimum atomic E-state index is -3.11. The number of hydrogen-bond acceptors (Lipinski definition) is 4. The molecule has 0 saturated heterocycles.